The molecule has 0 spiro atoms. The summed E-state index contributed by atoms with van der Waals surface area (Å²) >= 11 is 0. The minimum Gasteiger partial charge on any atom is -0.378 e. The summed E-state index contributed by atoms with van der Waals surface area (Å²) in [5, 5.41) is 14.3. The molecule has 1 unspecified atom stereocenters. The molecule has 0 radical (unpaired) electrons. The summed E-state index contributed by atoms with van der Waals surface area (Å²) in [5.41, 5.74) is -1.29. The van der Waals surface area contributed by atoms with Crippen molar-refractivity contribution in [1.82, 2.24) is 56.0 Å². The van der Waals surface area contributed by atoms with E-state index in [1.54, 1.807) is 0 Å². The van der Waals surface area contributed by atoms with Gasteiger partial charge in [-0.2, -0.15) is 0 Å². The van der Waals surface area contributed by atoms with Crippen LogP contribution in [-0.4, -0.2) is 261 Å². The number of carbonyl (C=O) groups excluding carboxylic acids is 5. The summed E-state index contributed by atoms with van der Waals surface area (Å²) in [6.07, 6.45) is 5.87. The Bertz CT molecular complexity index is 1790. The van der Waals surface area contributed by atoms with Crippen LogP contribution in [0.4, 0.5) is 0 Å². The molecule has 0 aromatic carbocycles. The highest BCUT2D eigenvalue weighted by Crippen LogP contribution is 2.57. The molecule has 5 amide bonds. The van der Waals surface area contributed by atoms with Gasteiger partial charge < -0.3 is 79.3 Å². The van der Waals surface area contributed by atoms with E-state index >= 15 is 0 Å². The van der Waals surface area contributed by atoms with E-state index in [4.69, 9.17) is 18.7 Å². The molecule has 0 aromatic heterocycles. The molecule has 3 fully saturated rings. The van der Waals surface area contributed by atoms with E-state index in [-0.39, 0.29) is 108 Å². The van der Waals surface area contributed by atoms with Crippen molar-refractivity contribution in [3.05, 3.63) is 6.66 Å². The van der Waals surface area contributed by atoms with Gasteiger partial charge in [-0.3, -0.25) is 45.6 Å². The van der Waals surface area contributed by atoms with Gasteiger partial charge >= 0.3 is 0 Å². The molecule has 3 rings (SSSR count). The quantitative estimate of drug-likeness (QED) is 0.0334. The van der Waals surface area contributed by atoms with Crippen LogP contribution >= 0.6 is 7.37 Å². The molecule has 0 aromatic rings. The van der Waals surface area contributed by atoms with Crippen molar-refractivity contribution >= 4 is 54.8 Å². The van der Waals surface area contributed by atoms with E-state index in [1.807, 2.05) is 63.1 Å². The summed E-state index contributed by atoms with van der Waals surface area (Å²) in [6.45, 7) is 18.6. The molecule has 3 saturated heterocycles. The minimum absolute atomic E-state index is 0.0153. The molecule has 25 heteroatoms. The van der Waals surface area contributed by atoms with Crippen molar-refractivity contribution in [3.63, 3.8) is 0 Å². The molecule has 78 heavy (non-hydrogen) atoms. The predicted octanol–water partition coefficient (Wildman–Crippen LogP) is 2.01. The molecule has 0 aliphatic carbocycles. The maximum atomic E-state index is 13.8. The lowest BCUT2D eigenvalue weighted by Gasteiger charge is -2.34. The number of unbranched alkanes of at least 4 members (excludes halogenated alkanes) is 3. The fourth-order valence-corrected chi connectivity index (χ4v) is 9.23. The highest BCUT2D eigenvalue weighted by atomic mass is 31.2. The second kappa shape index (κ2) is 36.5. The van der Waals surface area contributed by atoms with E-state index < -0.39 is 18.1 Å². The van der Waals surface area contributed by atoms with E-state index in [9.17, 15) is 28.5 Å². The summed E-state index contributed by atoms with van der Waals surface area (Å²) in [5.74, 6) is 1.69. The SMILES string of the molecule is [CH2-]P(=O)(OCCCCCCNC(=O)CCCC(=O)NC(COCCC(=O)NCCCN=C1N(C)CCN1C)(COCCC(=O)NCCCN=C1N(C)CCN1C)COCCC(=O)NCCCN=C1N(C)CCN1C)C(C)(C)C. The van der Waals surface area contributed by atoms with Crippen molar-refractivity contribution in [3.8, 4) is 0 Å². The van der Waals surface area contributed by atoms with Crippen LogP contribution in [0, 0.1) is 6.66 Å². The standard InChI is InChI=1S/C53H100N14O10P/c1-52(2,3)78(10,73)77-37-14-12-11-13-24-54-44(68)19-15-20-48(72)61-53(41-74-38-21-45(69)55-25-16-28-58-49-62(4)31-32-63(49)5,42-75-39-22-46(70)56-26-17-29-59-50-64(6)33-34-65(50)7)43-76-40-23-47(71)57-27-18-30-60-51-66(8)35-36-67(51)9/h10-43H2,1-9H3,(H,54,68)(H,55,69)(H,56,70)(H,57,71)(H,61,72)/q-1. The highest BCUT2D eigenvalue weighted by Gasteiger charge is 2.34. The van der Waals surface area contributed by atoms with E-state index in [1.165, 1.54) is 0 Å². The number of amides is 5. The topological polar surface area (TPSA) is 256 Å². The Kier molecular flexibility index (Phi) is 31.6. The number of hydrogen-bond donors (Lipinski definition) is 5. The van der Waals surface area contributed by atoms with E-state index in [0.29, 0.717) is 71.7 Å². The summed E-state index contributed by atoms with van der Waals surface area (Å²) in [6, 6.07) is 0. The molecule has 3 aliphatic heterocycles. The second-order valence-corrected chi connectivity index (χ2v) is 24.7. The summed E-state index contributed by atoms with van der Waals surface area (Å²) < 4.78 is 36.5. The lowest BCUT2D eigenvalue weighted by atomic mass is 10.0. The Morgan fingerprint density at radius 3 is 1.14 bits per heavy atom. The van der Waals surface area contributed by atoms with Crippen LogP contribution in [0.5, 0.6) is 0 Å². The Morgan fingerprint density at radius 2 is 0.782 bits per heavy atom. The highest BCUT2D eigenvalue weighted by molar-refractivity contribution is 7.61. The average Bonchev–Trinajstić information content (AvgIpc) is 4.01. The normalized spacial score (nSPS) is 15.7. The zero-order chi connectivity index (χ0) is 57.4. The first-order valence-electron chi connectivity index (χ1n) is 28.2. The summed E-state index contributed by atoms with van der Waals surface area (Å²) in [7, 11) is 9.12. The number of rotatable bonds is 40. The third-order valence-electron chi connectivity index (χ3n) is 13.6. The fraction of sp³-hybridized carbons (Fsp3) is 0.830. The largest absolute Gasteiger partial charge is 0.378 e. The lowest BCUT2D eigenvalue weighted by Crippen LogP contribution is -2.58. The smallest absolute Gasteiger partial charge is 0.222 e. The molecular formula is C53H100N14O10P-. The van der Waals surface area contributed by atoms with Crippen LogP contribution in [0.2, 0.25) is 0 Å². The van der Waals surface area contributed by atoms with Crippen molar-refractivity contribution in [2.24, 2.45) is 15.0 Å². The average molecular weight is 1120 g/mol. The first kappa shape index (κ1) is 67.5. The Hall–Kier alpha value is -4.77. The van der Waals surface area contributed by atoms with Gasteiger partial charge in [-0.15, -0.1) is 0 Å². The fourth-order valence-electron chi connectivity index (χ4n) is 8.42. The Labute approximate surface area is 466 Å². The molecule has 0 bridgehead atoms. The molecular weight excluding hydrogens is 1020 g/mol. The number of likely N-dealkylation sites (N-methyl/N-ethyl adjacent to an activating group) is 6. The summed E-state index contributed by atoms with van der Waals surface area (Å²) in [4.78, 5) is 91.8. The minimum atomic E-state index is -2.95. The molecule has 3 heterocycles. The van der Waals surface area contributed by atoms with Crippen LogP contribution < -0.4 is 26.6 Å². The Balaban J connectivity index is 1.58. The number of carbonyl (C=O) groups is 5. The van der Waals surface area contributed by atoms with E-state index in [2.05, 4.69) is 77.6 Å². The van der Waals surface area contributed by atoms with Gasteiger partial charge in [0.15, 0.2) is 17.9 Å². The van der Waals surface area contributed by atoms with Crippen LogP contribution in [0.3, 0.4) is 0 Å². The van der Waals surface area contributed by atoms with Crippen LogP contribution in [0.1, 0.15) is 104 Å². The molecule has 0 saturated carbocycles. The molecule has 3 aliphatic rings. The van der Waals surface area contributed by atoms with Crippen LogP contribution in [0.15, 0.2) is 15.0 Å². The van der Waals surface area contributed by atoms with Crippen LogP contribution in [0.25, 0.3) is 0 Å². The third-order valence-corrected chi connectivity index (χ3v) is 16.2. The predicted molar refractivity (Wildman–Crippen MR) is 307 cm³/mol. The van der Waals surface area contributed by atoms with Crippen LogP contribution in [-0.2, 0) is 47.3 Å². The lowest BCUT2D eigenvalue weighted by molar-refractivity contribution is -0.131. The second-order valence-electron chi connectivity index (χ2n) is 21.7. The number of nitrogens with one attached hydrogen (secondary N) is 5. The van der Waals surface area contributed by atoms with Gasteiger partial charge in [-0.25, -0.2) is 0 Å². The van der Waals surface area contributed by atoms with Gasteiger partial charge in [-0.05, 0) is 38.5 Å². The van der Waals surface area contributed by atoms with Crippen molar-refractivity contribution < 1.29 is 47.3 Å². The number of aliphatic imine (C=N–C) groups is 3. The van der Waals surface area contributed by atoms with Gasteiger partial charge in [-0.1, -0.05) is 33.6 Å². The number of guanidine groups is 3. The first-order valence-corrected chi connectivity index (χ1v) is 30.0. The molecule has 448 valence electrons. The van der Waals surface area contributed by atoms with Gasteiger partial charge in [0.25, 0.3) is 0 Å². The first-order chi connectivity index (χ1) is 37.1. The van der Waals surface area contributed by atoms with Crippen molar-refractivity contribution in [1.29, 1.82) is 0 Å². The monoisotopic (exact) mass is 1120 g/mol. The van der Waals surface area contributed by atoms with Gasteiger partial charge in [0.05, 0.1) is 53.6 Å². The number of hydrogen-bond acceptors (Lipinski definition) is 13. The number of nitrogens with zero attached hydrogens (tertiary/aromatic N) is 9. The van der Waals surface area contributed by atoms with Gasteiger partial charge in [0, 0.05) is 165 Å². The van der Waals surface area contributed by atoms with E-state index in [0.717, 1.165) is 82.8 Å². The molecule has 1 atom stereocenters. The van der Waals surface area contributed by atoms with Gasteiger partial charge in [0.2, 0.25) is 29.5 Å². The maximum absolute atomic E-state index is 13.8. The zero-order valence-electron chi connectivity index (χ0n) is 49.1. The van der Waals surface area contributed by atoms with Gasteiger partial charge in [0.1, 0.15) is 5.54 Å². The molecule has 5 N–H and O–H groups in total. The third kappa shape index (κ3) is 26.9. The molecule has 24 nitrogen and oxygen atoms in total. The Morgan fingerprint density at radius 1 is 0.462 bits per heavy atom. The van der Waals surface area contributed by atoms with Crippen molar-refractivity contribution in [2.75, 3.05) is 174 Å². The number of ether oxygens (including phenoxy) is 3. The maximum Gasteiger partial charge on any atom is 0.222 e. The van der Waals surface area contributed by atoms with Crippen molar-refractivity contribution in [2.45, 2.75) is 115 Å². The zero-order valence-corrected chi connectivity index (χ0v) is 50.0.